The number of aliphatic hydroxyl groups excluding tert-OH is 1. The first-order chi connectivity index (χ1) is 14.6. The third-order valence-corrected chi connectivity index (χ3v) is 5.67. The van der Waals surface area contributed by atoms with Crippen molar-refractivity contribution in [3.8, 4) is 16.9 Å². The fourth-order valence-electron chi connectivity index (χ4n) is 3.98. The van der Waals surface area contributed by atoms with E-state index in [1.165, 1.54) is 32.8 Å². The Morgan fingerprint density at radius 2 is 1.87 bits per heavy atom. The molecule has 0 aromatic heterocycles. The standard InChI is InChI=1S/C22H26N4O4/c1-30-22(29)18-13-26(12-17-20(18)23-24-21(17)28)16-8-6-15(7-9-16)19(27)14-25-10-4-2-3-5-11-25/h6-9,12-13,19,27H,2-5,10-11,14H2,1H3,(H,24,28). The quantitative estimate of drug-likeness (QED) is 0.627. The number of aliphatic hydroxyl groups is 1. The van der Waals surface area contributed by atoms with Crippen LogP contribution in [0.3, 0.4) is 0 Å². The molecular formula is C22H26N4O4. The molecule has 8 heteroatoms. The third kappa shape index (κ3) is 4.15. The Hall–Kier alpha value is -2.97. The molecule has 1 atom stereocenters. The van der Waals surface area contributed by atoms with Gasteiger partial charge in [0.1, 0.15) is 11.3 Å². The second kappa shape index (κ2) is 8.81. The number of methoxy groups -OCH3 is 1. The van der Waals surface area contributed by atoms with E-state index in [4.69, 9.17) is 4.74 Å². The number of aromatic amines is 1. The van der Waals surface area contributed by atoms with E-state index >= 15 is 0 Å². The Kier molecular flexibility index (Phi) is 5.96. The molecule has 0 bridgehead atoms. The van der Waals surface area contributed by atoms with Gasteiger partial charge in [-0.05, 0) is 43.6 Å². The van der Waals surface area contributed by atoms with Crippen molar-refractivity contribution in [1.29, 1.82) is 0 Å². The van der Waals surface area contributed by atoms with Crippen molar-refractivity contribution in [3.63, 3.8) is 0 Å². The number of esters is 1. The van der Waals surface area contributed by atoms with Crippen molar-refractivity contribution < 1.29 is 14.6 Å². The summed E-state index contributed by atoms with van der Waals surface area (Å²) in [6, 6.07) is 7.47. The van der Waals surface area contributed by atoms with Gasteiger partial charge >= 0.3 is 5.97 Å². The van der Waals surface area contributed by atoms with E-state index in [1.54, 1.807) is 17.0 Å². The highest BCUT2D eigenvalue weighted by atomic mass is 16.5. The number of fused-ring (bicyclic) bond motifs is 1. The third-order valence-electron chi connectivity index (χ3n) is 5.67. The van der Waals surface area contributed by atoms with Crippen LogP contribution in [0, 0.1) is 0 Å². The van der Waals surface area contributed by atoms with E-state index in [1.807, 2.05) is 24.3 Å². The summed E-state index contributed by atoms with van der Waals surface area (Å²) in [5.41, 5.74) is 2.03. The summed E-state index contributed by atoms with van der Waals surface area (Å²) in [7, 11) is 1.29. The van der Waals surface area contributed by atoms with Crippen LogP contribution in [0.1, 0.15) is 47.7 Å². The maximum absolute atomic E-state index is 12.1. The molecule has 3 aliphatic heterocycles. The van der Waals surface area contributed by atoms with Gasteiger partial charge in [0.25, 0.3) is 5.56 Å². The number of carbonyl (C=O) groups is 1. The minimum Gasteiger partial charge on any atom is -0.465 e. The van der Waals surface area contributed by atoms with Crippen LogP contribution in [0.4, 0.5) is 0 Å². The molecule has 158 valence electrons. The van der Waals surface area contributed by atoms with Crippen LogP contribution in [-0.4, -0.2) is 57.5 Å². The second-order valence-electron chi connectivity index (χ2n) is 7.71. The Balaban J connectivity index is 1.58. The average Bonchev–Trinajstić information content (AvgIpc) is 2.97. The molecule has 4 rings (SSSR count). The number of likely N-dealkylation sites (tertiary alicyclic amines) is 1. The lowest BCUT2D eigenvalue weighted by Crippen LogP contribution is -2.29. The fourth-order valence-corrected chi connectivity index (χ4v) is 3.98. The predicted octanol–water partition coefficient (Wildman–Crippen LogP) is 2.36. The summed E-state index contributed by atoms with van der Waals surface area (Å²) < 4.78 is 6.52. The first-order valence-electron chi connectivity index (χ1n) is 10.3. The lowest BCUT2D eigenvalue weighted by Gasteiger charge is -2.23. The Bertz CT molecular complexity index is 1030. The molecule has 1 unspecified atom stereocenters. The lowest BCUT2D eigenvalue weighted by atomic mass is 10.1. The number of hydrogen-bond donors (Lipinski definition) is 2. The maximum Gasteiger partial charge on any atom is 0.341 e. The number of ether oxygens (including phenoxy) is 1. The lowest BCUT2D eigenvalue weighted by molar-refractivity contribution is 0.0600. The summed E-state index contributed by atoms with van der Waals surface area (Å²) in [6.07, 6.45) is 7.56. The second-order valence-corrected chi connectivity index (χ2v) is 7.71. The highest BCUT2D eigenvalue weighted by Gasteiger charge is 2.22. The van der Waals surface area contributed by atoms with Gasteiger partial charge in [0, 0.05) is 24.6 Å². The molecule has 1 aromatic rings. The number of hydrogen-bond acceptors (Lipinski definition) is 6. The summed E-state index contributed by atoms with van der Waals surface area (Å²) >= 11 is 0. The van der Waals surface area contributed by atoms with Crippen LogP contribution < -0.4 is 5.56 Å². The van der Waals surface area contributed by atoms with Crippen molar-refractivity contribution in [1.82, 2.24) is 19.7 Å². The van der Waals surface area contributed by atoms with Gasteiger partial charge in [0.15, 0.2) is 0 Å². The SMILES string of the molecule is COC(=O)c1cn(-c2ccc(C(O)CN3CCCCCC3)cc2)cc2c(=O)[nH]nc1-2. The monoisotopic (exact) mass is 410 g/mol. The van der Waals surface area contributed by atoms with Gasteiger partial charge in [-0.1, -0.05) is 25.0 Å². The van der Waals surface area contributed by atoms with Crippen molar-refractivity contribution in [3.05, 3.63) is 58.1 Å². The van der Waals surface area contributed by atoms with Gasteiger partial charge in [-0.25, -0.2) is 9.89 Å². The first-order valence-corrected chi connectivity index (χ1v) is 10.3. The molecule has 0 saturated carbocycles. The largest absolute Gasteiger partial charge is 0.465 e. The molecule has 3 heterocycles. The number of β-amino-alcohol motifs (C(OH)–C–C–N with tert-alkyl or cyclic N) is 1. The van der Waals surface area contributed by atoms with Gasteiger partial charge in [0.2, 0.25) is 0 Å². The van der Waals surface area contributed by atoms with Gasteiger partial charge in [-0.3, -0.25) is 4.79 Å². The predicted molar refractivity (Wildman–Crippen MR) is 112 cm³/mol. The number of benzene rings is 1. The maximum atomic E-state index is 12.1. The summed E-state index contributed by atoms with van der Waals surface area (Å²) in [5, 5.41) is 17.0. The van der Waals surface area contributed by atoms with Crippen molar-refractivity contribution in [2.75, 3.05) is 26.7 Å². The van der Waals surface area contributed by atoms with E-state index < -0.39 is 12.1 Å². The Morgan fingerprint density at radius 1 is 1.17 bits per heavy atom. The summed E-state index contributed by atoms with van der Waals surface area (Å²) in [4.78, 5) is 26.5. The molecular weight excluding hydrogens is 384 g/mol. The zero-order valence-corrected chi connectivity index (χ0v) is 17.0. The van der Waals surface area contributed by atoms with Crippen LogP contribution in [0.25, 0.3) is 16.9 Å². The van der Waals surface area contributed by atoms with Crippen molar-refractivity contribution >= 4 is 5.97 Å². The molecule has 1 saturated heterocycles. The normalized spacial score (nSPS) is 16.3. The highest BCUT2D eigenvalue weighted by molar-refractivity contribution is 5.96. The molecule has 2 N–H and O–H groups in total. The van der Waals surface area contributed by atoms with Crippen LogP contribution in [0.5, 0.6) is 0 Å². The van der Waals surface area contributed by atoms with Gasteiger partial charge in [-0.15, -0.1) is 0 Å². The molecule has 30 heavy (non-hydrogen) atoms. The zero-order chi connectivity index (χ0) is 21.1. The van der Waals surface area contributed by atoms with Gasteiger partial charge in [-0.2, -0.15) is 5.10 Å². The first kappa shape index (κ1) is 20.3. The molecule has 1 aromatic carbocycles. The van der Waals surface area contributed by atoms with Crippen LogP contribution in [0.2, 0.25) is 0 Å². The summed E-state index contributed by atoms with van der Waals surface area (Å²) in [5.74, 6) is -0.564. The van der Waals surface area contributed by atoms with E-state index in [9.17, 15) is 14.7 Å². The Morgan fingerprint density at radius 3 is 2.53 bits per heavy atom. The highest BCUT2D eigenvalue weighted by Crippen LogP contribution is 2.24. The zero-order valence-electron chi connectivity index (χ0n) is 17.0. The van der Waals surface area contributed by atoms with E-state index in [2.05, 4.69) is 15.1 Å². The van der Waals surface area contributed by atoms with Crippen LogP contribution in [0.15, 0.2) is 41.5 Å². The number of carbonyl (C=O) groups excluding carboxylic acids is 1. The van der Waals surface area contributed by atoms with Crippen molar-refractivity contribution in [2.45, 2.75) is 31.8 Å². The molecule has 8 nitrogen and oxygen atoms in total. The number of H-pyrrole nitrogens is 1. The van der Waals surface area contributed by atoms with E-state index in [0.29, 0.717) is 12.1 Å². The Labute approximate surface area is 174 Å². The van der Waals surface area contributed by atoms with Crippen LogP contribution >= 0.6 is 0 Å². The van der Waals surface area contributed by atoms with Crippen LogP contribution in [-0.2, 0) is 4.74 Å². The molecule has 0 spiro atoms. The van der Waals surface area contributed by atoms with Gasteiger partial charge in [0.05, 0.1) is 18.8 Å². The molecule has 1 fully saturated rings. The fraction of sp³-hybridized carbons (Fsp3) is 0.409. The summed E-state index contributed by atoms with van der Waals surface area (Å²) in [6.45, 7) is 2.69. The number of aromatic nitrogens is 3. The number of pyridine rings is 1. The molecule has 0 aliphatic carbocycles. The van der Waals surface area contributed by atoms with Gasteiger partial charge < -0.3 is 19.3 Å². The van der Waals surface area contributed by atoms with Crippen molar-refractivity contribution in [2.24, 2.45) is 0 Å². The number of rotatable bonds is 5. The minimum atomic E-state index is -0.564. The molecule has 0 amide bonds. The average molecular weight is 410 g/mol. The number of nitrogens with one attached hydrogen (secondary N) is 1. The topological polar surface area (TPSA) is 100 Å². The molecule has 0 radical (unpaired) electrons. The smallest absolute Gasteiger partial charge is 0.341 e. The number of nitrogens with zero attached hydrogens (tertiary/aromatic N) is 3. The minimum absolute atomic E-state index is 0.207. The van der Waals surface area contributed by atoms with E-state index in [0.717, 1.165) is 24.3 Å². The van der Waals surface area contributed by atoms with E-state index in [-0.39, 0.29) is 16.8 Å². The molecule has 3 aliphatic rings.